The molecule has 29 heavy (non-hydrogen) atoms. The number of nitrogens with zero attached hydrogens (tertiary/aromatic N) is 1. The topological polar surface area (TPSA) is 69.7 Å². The first kappa shape index (κ1) is 19.0. The molecule has 0 radical (unpaired) electrons. The molecule has 1 N–H and O–H groups in total. The fourth-order valence-electron chi connectivity index (χ4n) is 2.81. The Morgan fingerprint density at radius 2 is 2.14 bits per heavy atom. The number of aromatic nitrogens is 1. The normalized spacial score (nSPS) is 12.3. The van der Waals surface area contributed by atoms with Gasteiger partial charge in [-0.25, -0.2) is 4.98 Å². The minimum Gasteiger partial charge on any atom is -0.487 e. The average molecular weight is 408 g/mol. The zero-order chi connectivity index (χ0) is 20.1. The van der Waals surface area contributed by atoms with Crippen LogP contribution in [0.5, 0.6) is 17.2 Å². The largest absolute Gasteiger partial charge is 0.487 e. The predicted molar refractivity (Wildman–Crippen MR) is 111 cm³/mol. The highest BCUT2D eigenvalue weighted by Gasteiger charge is 2.13. The lowest BCUT2D eigenvalue weighted by Gasteiger charge is -2.05. The standard InChI is InChI=1S/C22H20N2O4S/c1-15-24-18(13-29-15)12-26-19-4-2-3-16(9-19)6-8-22(25)23-11-17-5-7-20-21(10-17)28-14-27-20/h2-10,13H,11-12,14H2,1H3,(H,23,25)/b8-6+. The van der Waals surface area contributed by atoms with Crippen molar-refractivity contribution in [3.05, 3.63) is 75.7 Å². The highest BCUT2D eigenvalue weighted by atomic mass is 32.1. The fourth-order valence-corrected chi connectivity index (χ4v) is 3.41. The maximum atomic E-state index is 12.1. The van der Waals surface area contributed by atoms with Crippen LogP contribution in [0.2, 0.25) is 0 Å². The minimum atomic E-state index is -0.174. The van der Waals surface area contributed by atoms with Gasteiger partial charge in [-0.2, -0.15) is 0 Å². The average Bonchev–Trinajstić information content (AvgIpc) is 3.37. The van der Waals surface area contributed by atoms with Gasteiger partial charge in [-0.05, 0) is 48.4 Å². The van der Waals surface area contributed by atoms with E-state index in [0.717, 1.165) is 33.3 Å². The number of nitrogens with one attached hydrogen (secondary N) is 1. The molecule has 0 aliphatic carbocycles. The van der Waals surface area contributed by atoms with E-state index < -0.39 is 0 Å². The number of amides is 1. The van der Waals surface area contributed by atoms with Gasteiger partial charge in [-0.1, -0.05) is 18.2 Å². The first-order chi connectivity index (χ1) is 14.2. The molecule has 1 aliphatic rings. The van der Waals surface area contributed by atoms with Crippen molar-refractivity contribution in [3.63, 3.8) is 0 Å². The number of benzene rings is 2. The monoisotopic (exact) mass is 408 g/mol. The van der Waals surface area contributed by atoms with Crippen LogP contribution in [-0.2, 0) is 17.9 Å². The van der Waals surface area contributed by atoms with Gasteiger partial charge in [-0.3, -0.25) is 4.79 Å². The van der Waals surface area contributed by atoms with E-state index in [2.05, 4.69) is 10.3 Å². The van der Waals surface area contributed by atoms with Crippen LogP contribution in [0.25, 0.3) is 6.08 Å². The second-order valence-electron chi connectivity index (χ2n) is 6.46. The summed E-state index contributed by atoms with van der Waals surface area (Å²) in [6, 6.07) is 13.2. The van der Waals surface area contributed by atoms with Gasteiger partial charge in [0.15, 0.2) is 11.5 Å². The highest BCUT2D eigenvalue weighted by molar-refractivity contribution is 7.09. The number of rotatable bonds is 7. The Labute approximate surface area is 172 Å². The molecule has 2 aromatic carbocycles. The maximum absolute atomic E-state index is 12.1. The molecule has 0 saturated carbocycles. The van der Waals surface area contributed by atoms with E-state index in [1.807, 2.05) is 54.8 Å². The van der Waals surface area contributed by atoms with E-state index in [1.54, 1.807) is 17.4 Å². The number of hydrogen-bond donors (Lipinski definition) is 1. The maximum Gasteiger partial charge on any atom is 0.244 e. The third-order valence-corrected chi connectivity index (χ3v) is 5.06. The summed E-state index contributed by atoms with van der Waals surface area (Å²) < 4.78 is 16.4. The lowest BCUT2D eigenvalue weighted by molar-refractivity contribution is -0.116. The van der Waals surface area contributed by atoms with Crippen molar-refractivity contribution >= 4 is 23.3 Å². The van der Waals surface area contributed by atoms with Crippen molar-refractivity contribution in [2.45, 2.75) is 20.1 Å². The zero-order valence-corrected chi connectivity index (χ0v) is 16.7. The number of carbonyl (C=O) groups excluding carboxylic acids is 1. The number of carbonyl (C=O) groups is 1. The summed E-state index contributed by atoms with van der Waals surface area (Å²) in [7, 11) is 0. The van der Waals surface area contributed by atoms with Gasteiger partial charge in [0.1, 0.15) is 12.4 Å². The van der Waals surface area contributed by atoms with Crippen molar-refractivity contribution in [3.8, 4) is 17.2 Å². The third kappa shape index (κ3) is 5.14. The van der Waals surface area contributed by atoms with E-state index in [0.29, 0.717) is 18.9 Å². The number of ether oxygens (including phenoxy) is 3. The molecule has 0 fully saturated rings. The molecule has 4 rings (SSSR count). The molecule has 0 unspecified atom stereocenters. The third-order valence-electron chi connectivity index (χ3n) is 4.24. The summed E-state index contributed by atoms with van der Waals surface area (Å²) in [4.78, 5) is 16.5. The van der Waals surface area contributed by atoms with Crippen LogP contribution in [-0.4, -0.2) is 17.7 Å². The molecule has 7 heteroatoms. The van der Waals surface area contributed by atoms with Gasteiger partial charge in [-0.15, -0.1) is 11.3 Å². The van der Waals surface area contributed by atoms with Crippen LogP contribution >= 0.6 is 11.3 Å². The summed E-state index contributed by atoms with van der Waals surface area (Å²) in [5.74, 6) is 1.99. The highest BCUT2D eigenvalue weighted by Crippen LogP contribution is 2.32. The SMILES string of the molecule is Cc1nc(COc2cccc(/C=C/C(=O)NCc3ccc4c(c3)OCO4)c2)cs1. The minimum absolute atomic E-state index is 0.174. The van der Waals surface area contributed by atoms with Gasteiger partial charge < -0.3 is 19.5 Å². The quantitative estimate of drug-likeness (QED) is 0.597. The molecule has 6 nitrogen and oxygen atoms in total. The van der Waals surface area contributed by atoms with Crippen molar-refractivity contribution in [2.75, 3.05) is 6.79 Å². The lowest BCUT2D eigenvalue weighted by Crippen LogP contribution is -2.20. The molecular formula is C22H20N2O4S. The van der Waals surface area contributed by atoms with E-state index >= 15 is 0 Å². The molecule has 1 aromatic heterocycles. The van der Waals surface area contributed by atoms with Gasteiger partial charge in [0, 0.05) is 18.0 Å². The summed E-state index contributed by atoms with van der Waals surface area (Å²) in [6.45, 7) is 3.04. The Balaban J connectivity index is 1.29. The number of thiazole rings is 1. The Morgan fingerprint density at radius 3 is 3.00 bits per heavy atom. The van der Waals surface area contributed by atoms with E-state index in [9.17, 15) is 4.79 Å². The van der Waals surface area contributed by atoms with Crippen molar-refractivity contribution in [2.24, 2.45) is 0 Å². The first-order valence-corrected chi connectivity index (χ1v) is 10.0. The smallest absolute Gasteiger partial charge is 0.244 e. The molecule has 0 atom stereocenters. The number of fused-ring (bicyclic) bond motifs is 1. The lowest BCUT2D eigenvalue weighted by atomic mass is 10.2. The summed E-state index contributed by atoms with van der Waals surface area (Å²) in [5.41, 5.74) is 2.75. The molecule has 2 heterocycles. The molecule has 148 valence electrons. The second-order valence-corrected chi connectivity index (χ2v) is 7.52. The van der Waals surface area contributed by atoms with Crippen molar-refractivity contribution in [1.82, 2.24) is 10.3 Å². The predicted octanol–water partition coefficient (Wildman–Crippen LogP) is 4.09. The van der Waals surface area contributed by atoms with Crippen LogP contribution in [0.15, 0.2) is 53.9 Å². The Bertz CT molecular complexity index is 1040. The molecular weight excluding hydrogens is 388 g/mol. The Hall–Kier alpha value is -3.32. The van der Waals surface area contributed by atoms with E-state index in [-0.39, 0.29) is 12.7 Å². The second kappa shape index (κ2) is 8.79. The van der Waals surface area contributed by atoms with Crippen LogP contribution < -0.4 is 19.5 Å². The summed E-state index contributed by atoms with van der Waals surface area (Å²) in [6.07, 6.45) is 3.27. The summed E-state index contributed by atoms with van der Waals surface area (Å²) in [5, 5.41) is 5.87. The van der Waals surface area contributed by atoms with Gasteiger partial charge in [0.05, 0.1) is 10.7 Å². The molecule has 0 bridgehead atoms. The van der Waals surface area contributed by atoms with Crippen molar-refractivity contribution in [1.29, 1.82) is 0 Å². The molecule has 3 aromatic rings. The fraction of sp³-hybridized carbons (Fsp3) is 0.182. The Morgan fingerprint density at radius 1 is 1.24 bits per heavy atom. The van der Waals surface area contributed by atoms with Gasteiger partial charge in [0.25, 0.3) is 0 Å². The Kier molecular flexibility index (Phi) is 5.76. The van der Waals surface area contributed by atoms with Crippen LogP contribution in [0.4, 0.5) is 0 Å². The zero-order valence-electron chi connectivity index (χ0n) is 15.9. The molecule has 1 aliphatic heterocycles. The van der Waals surface area contributed by atoms with Gasteiger partial charge >= 0.3 is 0 Å². The molecule has 1 amide bonds. The van der Waals surface area contributed by atoms with E-state index in [4.69, 9.17) is 14.2 Å². The van der Waals surface area contributed by atoms with Crippen LogP contribution in [0.1, 0.15) is 21.8 Å². The molecule has 0 spiro atoms. The summed E-state index contributed by atoms with van der Waals surface area (Å²) >= 11 is 1.60. The van der Waals surface area contributed by atoms with Crippen molar-refractivity contribution < 1.29 is 19.0 Å². The van der Waals surface area contributed by atoms with Crippen LogP contribution in [0, 0.1) is 6.92 Å². The first-order valence-electron chi connectivity index (χ1n) is 9.14. The number of hydrogen-bond acceptors (Lipinski definition) is 6. The van der Waals surface area contributed by atoms with Crippen LogP contribution in [0.3, 0.4) is 0 Å². The van der Waals surface area contributed by atoms with E-state index in [1.165, 1.54) is 6.08 Å². The molecule has 0 saturated heterocycles. The number of aryl methyl sites for hydroxylation is 1. The van der Waals surface area contributed by atoms with Gasteiger partial charge in [0.2, 0.25) is 12.7 Å².